The van der Waals surface area contributed by atoms with Gasteiger partial charge in [0.05, 0.1) is 6.54 Å². The normalized spacial score (nSPS) is 11.2. The van der Waals surface area contributed by atoms with Crippen molar-refractivity contribution in [3.8, 4) is 0 Å². The second-order valence-electron chi connectivity index (χ2n) is 5.37. The van der Waals surface area contributed by atoms with E-state index in [1.165, 1.54) is 11.8 Å². The predicted octanol–water partition coefficient (Wildman–Crippen LogP) is 0.315. The summed E-state index contributed by atoms with van der Waals surface area (Å²) in [4.78, 5) is 48.0. The minimum atomic E-state index is -0.924. The molecule has 8 nitrogen and oxygen atoms in total. The molecule has 0 radical (unpaired) electrons. The van der Waals surface area contributed by atoms with Gasteiger partial charge in [-0.1, -0.05) is 15.9 Å². The molecule has 0 aliphatic heterocycles. The van der Waals surface area contributed by atoms with Gasteiger partial charge >= 0.3 is 5.97 Å². The van der Waals surface area contributed by atoms with Crippen molar-refractivity contribution in [1.29, 1.82) is 0 Å². The summed E-state index contributed by atoms with van der Waals surface area (Å²) in [6, 6.07) is 5.70. The fourth-order valence-corrected chi connectivity index (χ4v) is 1.85. The SMILES string of the molecule is C[C@H](NC(=O)c1ccc(Br)cc1)C(=O)OCC(=O)NCC(=O)N(C)C. The lowest BCUT2D eigenvalue weighted by Crippen LogP contribution is -2.42. The number of rotatable bonds is 7. The monoisotopic (exact) mass is 413 g/mol. The molecular weight excluding hydrogens is 394 g/mol. The van der Waals surface area contributed by atoms with Crippen LogP contribution in [0, 0.1) is 0 Å². The maximum absolute atomic E-state index is 12.0. The van der Waals surface area contributed by atoms with Crippen LogP contribution in [0.2, 0.25) is 0 Å². The number of benzene rings is 1. The molecule has 0 bridgehead atoms. The minimum absolute atomic E-state index is 0.181. The second-order valence-corrected chi connectivity index (χ2v) is 6.29. The van der Waals surface area contributed by atoms with Crippen molar-refractivity contribution in [2.24, 2.45) is 0 Å². The van der Waals surface area contributed by atoms with Gasteiger partial charge in [0.2, 0.25) is 5.91 Å². The van der Waals surface area contributed by atoms with Gasteiger partial charge in [0.25, 0.3) is 11.8 Å². The Labute approximate surface area is 154 Å². The Hall–Kier alpha value is -2.42. The third-order valence-electron chi connectivity index (χ3n) is 3.09. The molecule has 0 unspecified atom stereocenters. The zero-order chi connectivity index (χ0) is 19.0. The van der Waals surface area contributed by atoms with Crippen molar-refractivity contribution in [2.45, 2.75) is 13.0 Å². The number of ether oxygens (including phenoxy) is 1. The molecule has 0 aliphatic carbocycles. The summed E-state index contributed by atoms with van der Waals surface area (Å²) in [6.45, 7) is 0.740. The summed E-state index contributed by atoms with van der Waals surface area (Å²) >= 11 is 3.26. The first-order valence-electron chi connectivity index (χ1n) is 7.40. The number of carbonyl (C=O) groups is 4. The third kappa shape index (κ3) is 7.34. The Morgan fingerprint density at radius 3 is 2.32 bits per heavy atom. The number of hydrogen-bond acceptors (Lipinski definition) is 5. The number of likely N-dealkylation sites (N-methyl/N-ethyl adjacent to an activating group) is 1. The number of carbonyl (C=O) groups excluding carboxylic acids is 4. The first-order valence-corrected chi connectivity index (χ1v) is 8.20. The topological polar surface area (TPSA) is 105 Å². The molecule has 1 atom stereocenters. The van der Waals surface area contributed by atoms with Crippen LogP contribution in [0.3, 0.4) is 0 Å². The van der Waals surface area contributed by atoms with E-state index in [2.05, 4.69) is 26.6 Å². The van der Waals surface area contributed by atoms with Crippen molar-refractivity contribution < 1.29 is 23.9 Å². The number of halogens is 1. The van der Waals surface area contributed by atoms with Crippen LogP contribution >= 0.6 is 15.9 Å². The van der Waals surface area contributed by atoms with E-state index in [9.17, 15) is 19.2 Å². The standard InChI is InChI=1S/C16H20BrN3O5/c1-10(19-15(23)11-4-6-12(17)7-5-11)16(24)25-9-13(21)18-8-14(22)20(2)3/h4-7,10H,8-9H2,1-3H3,(H,18,21)(H,19,23)/t10-/m0/s1. The maximum Gasteiger partial charge on any atom is 0.328 e. The average molecular weight is 414 g/mol. The molecule has 9 heteroatoms. The summed E-state index contributed by atoms with van der Waals surface area (Å²) in [5.41, 5.74) is 0.391. The molecule has 2 N–H and O–H groups in total. The van der Waals surface area contributed by atoms with Gasteiger partial charge in [-0.2, -0.15) is 0 Å². The van der Waals surface area contributed by atoms with E-state index in [4.69, 9.17) is 4.74 Å². The van der Waals surface area contributed by atoms with E-state index in [1.807, 2.05) is 0 Å². The molecule has 0 saturated carbocycles. The van der Waals surface area contributed by atoms with Crippen molar-refractivity contribution >= 4 is 39.6 Å². The van der Waals surface area contributed by atoms with Gasteiger partial charge in [-0.05, 0) is 31.2 Å². The third-order valence-corrected chi connectivity index (χ3v) is 3.62. The summed E-state index contributed by atoms with van der Waals surface area (Å²) in [6.07, 6.45) is 0. The molecule has 1 aromatic rings. The molecule has 0 spiro atoms. The van der Waals surface area contributed by atoms with Crippen LogP contribution < -0.4 is 10.6 Å². The largest absolute Gasteiger partial charge is 0.454 e. The number of amides is 3. The van der Waals surface area contributed by atoms with Crippen LogP contribution in [0.15, 0.2) is 28.7 Å². The van der Waals surface area contributed by atoms with E-state index in [0.29, 0.717) is 5.56 Å². The van der Waals surface area contributed by atoms with Crippen LogP contribution in [-0.4, -0.2) is 61.9 Å². The molecule has 0 aliphatic rings. The van der Waals surface area contributed by atoms with Gasteiger partial charge in [-0.15, -0.1) is 0 Å². The minimum Gasteiger partial charge on any atom is -0.454 e. The summed E-state index contributed by atoms with van der Waals surface area (Å²) < 4.78 is 5.65. The molecule has 136 valence electrons. The molecule has 1 rings (SSSR count). The van der Waals surface area contributed by atoms with Crippen molar-refractivity contribution in [3.05, 3.63) is 34.3 Å². The first-order chi connectivity index (χ1) is 11.7. The molecule has 3 amide bonds. The molecule has 1 aromatic carbocycles. The Morgan fingerprint density at radius 2 is 1.76 bits per heavy atom. The van der Waals surface area contributed by atoms with E-state index in [0.717, 1.165) is 4.47 Å². The highest BCUT2D eigenvalue weighted by Gasteiger charge is 2.19. The molecule has 0 aromatic heterocycles. The highest BCUT2D eigenvalue weighted by atomic mass is 79.9. The van der Waals surface area contributed by atoms with Gasteiger partial charge in [-0.25, -0.2) is 4.79 Å². The van der Waals surface area contributed by atoms with Gasteiger partial charge in [-0.3, -0.25) is 14.4 Å². The van der Waals surface area contributed by atoms with Crippen LogP contribution in [0.5, 0.6) is 0 Å². The van der Waals surface area contributed by atoms with Gasteiger partial charge < -0.3 is 20.3 Å². The molecule has 0 saturated heterocycles. The summed E-state index contributed by atoms with van der Waals surface area (Å²) in [5.74, 6) is -2.07. The fraction of sp³-hybridized carbons (Fsp3) is 0.375. The van der Waals surface area contributed by atoms with Crippen LogP contribution in [-0.2, 0) is 19.1 Å². The lowest BCUT2D eigenvalue weighted by atomic mass is 10.2. The molecule has 0 fully saturated rings. The Morgan fingerprint density at radius 1 is 1.16 bits per heavy atom. The number of esters is 1. The Balaban J connectivity index is 2.38. The van der Waals surface area contributed by atoms with Gasteiger partial charge in [0, 0.05) is 24.1 Å². The average Bonchev–Trinajstić information content (AvgIpc) is 2.57. The van der Waals surface area contributed by atoms with Gasteiger partial charge in [0.15, 0.2) is 6.61 Å². The zero-order valence-electron chi connectivity index (χ0n) is 14.2. The van der Waals surface area contributed by atoms with Crippen LogP contribution in [0.25, 0.3) is 0 Å². The van der Waals surface area contributed by atoms with Crippen molar-refractivity contribution in [2.75, 3.05) is 27.2 Å². The Kier molecular flexibility index (Phi) is 8.06. The highest BCUT2D eigenvalue weighted by Crippen LogP contribution is 2.10. The van der Waals surface area contributed by atoms with E-state index in [-0.39, 0.29) is 12.5 Å². The molecule has 25 heavy (non-hydrogen) atoms. The maximum atomic E-state index is 12.0. The quantitative estimate of drug-likeness (QED) is 0.626. The molecule has 0 heterocycles. The van der Waals surface area contributed by atoms with Crippen LogP contribution in [0.1, 0.15) is 17.3 Å². The van der Waals surface area contributed by atoms with Crippen LogP contribution in [0.4, 0.5) is 0 Å². The lowest BCUT2D eigenvalue weighted by Gasteiger charge is -2.14. The second kappa shape index (κ2) is 9.77. The predicted molar refractivity (Wildman–Crippen MR) is 93.7 cm³/mol. The van der Waals surface area contributed by atoms with Crippen molar-refractivity contribution in [1.82, 2.24) is 15.5 Å². The van der Waals surface area contributed by atoms with E-state index < -0.39 is 30.4 Å². The zero-order valence-corrected chi connectivity index (χ0v) is 15.8. The number of hydrogen-bond donors (Lipinski definition) is 2. The smallest absolute Gasteiger partial charge is 0.328 e. The highest BCUT2D eigenvalue weighted by molar-refractivity contribution is 9.10. The van der Waals surface area contributed by atoms with Gasteiger partial charge in [0.1, 0.15) is 6.04 Å². The summed E-state index contributed by atoms with van der Waals surface area (Å²) in [7, 11) is 3.12. The Bertz CT molecular complexity index is 646. The van der Waals surface area contributed by atoms with E-state index in [1.54, 1.807) is 38.4 Å². The summed E-state index contributed by atoms with van der Waals surface area (Å²) in [5, 5.41) is 4.81. The number of nitrogens with one attached hydrogen (secondary N) is 2. The number of nitrogens with zero attached hydrogens (tertiary/aromatic N) is 1. The fourth-order valence-electron chi connectivity index (χ4n) is 1.59. The van der Waals surface area contributed by atoms with E-state index >= 15 is 0 Å². The van der Waals surface area contributed by atoms with Crippen molar-refractivity contribution in [3.63, 3.8) is 0 Å². The first kappa shape index (κ1) is 20.6. The lowest BCUT2D eigenvalue weighted by molar-refractivity contribution is -0.150. The molecular formula is C16H20BrN3O5.